The molecule has 0 aromatic carbocycles. The first-order chi connectivity index (χ1) is 5.42. The Morgan fingerprint density at radius 3 is 2.42 bits per heavy atom. The summed E-state index contributed by atoms with van der Waals surface area (Å²) >= 11 is 0. The van der Waals surface area contributed by atoms with Crippen LogP contribution >= 0.6 is 0 Å². The highest BCUT2D eigenvalue weighted by Crippen LogP contribution is 2.33. The van der Waals surface area contributed by atoms with E-state index in [-0.39, 0.29) is 5.41 Å². The van der Waals surface area contributed by atoms with Crippen LogP contribution in [0.5, 0.6) is 0 Å². The summed E-state index contributed by atoms with van der Waals surface area (Å²) in [7, 11) is 0. The zero-order valence-corrected chi connectivity index (χ0v) is 8.48. The second-order valence-electron chi connectivity index (χ2n) is 4.67. The van der Waals surface area contributed by atoms with Gasteiger partial charge in [0.2, 0.25) is 0 Å². The van der Waals surface area contributed by atoms with Crippen molar-refractivity contribution in [3.63, 3.8) is 0 Å². The molecule has 0 aliphatic heterocycles. The summed E-state index contributed by atoms with van der Waals surface area (Å²) < 4.78 is 0. The molecule has 1 aliphatic carbocycles. The molecule has 0 bridgehead atoms. The molecule has 0 heterocycles. The Morgan fingerprint density at radius 1 is 1.42 bits per heavy atom. The van der Waals surface area contributed by atoms with Gasteiger partial charge in [-0.25, -0.2) is 0 Å². The lowest BCUT2D eigenvalue weighted by Gasteiger charge is -2.28. The van der Waals surface area contributed by atoms with E-state index in [4.69, 9.17) is 0 Å². The molecule has 12 heavy (non-hydrogen) atoms. The monoisotopic (exact) mass is 166 g/mol. The SMILES string of the molecule is CC(C)C1=CC(C)(C)CCC1=O. The number of hydrogen-bond donors (Lipinski definition) is 0. The average molecular weight is 166 g/mol. The molecule has 1 rings (SSSR count). The molecule has 0 spiro atoms. The Bertz CT molecular complexity index is 221. The molecule has 0 fully saturated rings. The Hall–Kier alpha value is -0.590. The van der Waals surface area contributed by atoms with Crippen LogP contribution in [-0.2, 0) is 4.79 Å². The third-order valence-electron chi connectivity index (χ3n) is 2.49. The molecular weight excluding hydrogens is 148 g/mol. The first-order valence-corrected chi connectivity index (χ1v) is 4.68. The number of carbonyl (C=O) groups is 1. The van der Waals surface area contributed by atoms with Gasteiger partial charge in [-0.3, -0.25) is 4.79 Å². The summed E-state index contributed by atoms with van der Waals surface area (Å²) in [6.07, 6.45) is 3.89. The number of carbonyl (C=O) groups excluding carboxylic acids is 1. The highest BCUT2D eigenvalue weighted by atomic mass is 16.1. The summed E-state index contributed by atoms with van der Waals surface area (Å²) in [5.41, 5.74) is 1.26. The van der Waals surface area contributed by atoms with Gasteiger partial charge in [0.05, 0.1) is 0 Å². The Labute approximate surface area is 74.9 Å². The van der Waals surface area contributed by atoms with E-state index >= 15 is 0 Å². The van der Waals surface area contributed by atoms with Crippen LogP contribution in [-0.4, -0.2) is 5.78 Å². The van der Waals surface area contributed by atoms with Crippen molar-refractivity contribution in [1.82, 2.24) is 0 Å². The molecule has 1 aliphatic rings. The zero-order valence-electron chi connectivity index (χ0n) is 8.48. The second kappa shape index (κ2) is 3.04. The molecule has 0 saturated heterocycles. The second-order valence-corrected chi connectivity index (χ2v) is 4.67. The summed E-state index contributed by atoms with van der Waals surface area (Å²) in [4.78, 5) is 11.5. The van der Waals surface area contributed by atoms with Gasteiger partial charge in [0.1, 0.15) is 0 Å². The minimum absolute atomic E-state index is 0.230. The maximum atomic E-state index is 11.5. The van der Waals surface area contributed by atoms with Gasteiger partial charge >= 0.3 is 0 Å². The predicted molar refractivity (Wildman–Crippen MR) is 50.9 cm³/mol. The highest BCUT2D eigenvalue weighted by molar-refractivity contribution is 5.96. The van der Waals surface area contributed by atoms with Gasteiger partial charge in [0.25, 0.3) is 0 Å². The summed E-state index contributed by atoms with van der Waals surface area (Å²) in [6.45, 7) is 8.57. The van der Waals surface area contributed by atoms with E-state index in [2.05, 4.69) is 33.8 Å². The van der Waals surface area contributed by atoms with Gasteiger partial charge in [-0.05, 0) is 23.3 Å². The van der Waals surface area contributed by atoms with E-state index in [9.17, 15) is 4.79 Å². The Kier molecular flexibility index (Phi) is 2.41. The van der Waals surface area contributed by atoms with E-state index in [0.717, 1.165) is 18.4 Å². The maximum Gasteiger partial charge on any atom is 0.158 e. The summed E-state index contributed by atoms with van der Waals surface area (Å²) in [5, 5.41) is 0. The molecule has 0 radical (unpaired) electrons. The van der Waals surface area contributed by atoms with Crippen molar-refractivity contribution in [2.45, 2.75) is 40.5 Å². The molecule has 68 valence electrons. The average Bonchev–Trinajstić information content (AvgIpc) is 1.94. The molecular formula is C11H18O. The minimum Gasteiger partial charge on any atom is -0.295 e. The van der Waals surface area contributed by atoms with Gasteiger partial charge in [0.15, 0.2) is 5.78 Å². The Balaban J connectivity index is 2.93. The van der Waals surface area contributed by atoms with Crippen LogP contribution in [0.3, 0.4) is 0 Å². The van der Waals surface area contributed by atoms with Crippen molar-refractivity contribution in [3.8, 4) is 0 Å². The van der Waals surface area contributed by atoms with E-state index in [1.807, 2.05) is 0 Å². The number of rotatable bonds is 1. The quantitative estimate of drug-likeness (QED) is 0.585. The largest absolute Gasteiger partial charge is 0.295 e. The van der Waals surface area contributed by atoms with Crippen molar-refractivity contribution in [2.75, 3.05) is 0 Å². The number of Topliss-reactive ketones (excluding diaryl/α,β-unsaturated/α-hetero) is 1. The fourth-order valence-corrected chi connectivity index (χ4v) is 1.64. The molecule has 0 saturated carbocycles. The van der Waals surface area contributed by atoms with Crippen LogP contribution in [0.15, 0.2) is 11.6 Å². The first-order valence-electron chi connectivity index (χ1n) is 4.68. The van der Waals surface area contributed by atoms with Gasteiger partial charge in [0, 0.05) is 6.42 Å². The van der Waals surface area contributed by atoms with Crippen LogP contribution in [0.4, 0.5) is 0 Å². The molecule has 0 amide bonds. The molecule has 0 unspecified atom stereocenters. The highest BCUT2D eigenvalue weighted by Gasteiger charge is 2.26. The molecule has 0 aromatic rings. The normalized spacial score (nSPS) is 22.8. The van der Waals surface area contributed by atoms with Crippen molar-refractivity contribution >= 4 is 5.78 Å². The van der Waals surface area contributed by atoms with Crippen LogP contribution < -0.4 is 0 Å². The topological polar surface area (TPSA) is 17.1 Å². The van der Waals surface area contributed by atoms with Gasteiger partial charge < -0.3 is 0 Å². The summed E-state index contributed by atoms with van der Waals surface area (Å²) in [5.74, 6) is 0.737. The summed E-state index contributed by atoms with van der Waals surface area (Å²) in [6, 6.07) is 0. The number of allylic oxidation sites excluding steroid dienone is 2. The molecule has 0 aromatic heterocycles. The standard InChI is InChI=1S/C11H18O/c1-8(2)9-7-11(3,4)6-5-10(9)12/h7-8H,5-6H2,1-4H3. The van der Waals surface area contributed by atoms with E-state index in [1.54, 1.807) is 0 Å². The van der Waals surface area contributed by atoms with Crippen LogP contribution in [0, 0.1) is 11.3 Å². The van der Waals surface area contributed by atoms with Gasteiger partial charge in [-0.1, -0.05) is 33.8 Å². The molecule has 0 N–H and O–H groups in total. The minimum atomic E-state index is 0.230. The Morgan fingerprint density at radius 2 is 2.00 bits per heavy atom. The van der Waals surface area contributed by atoms with Crippen LogP contribution in [0.1, 0.15) is 40.5 Å². The molecule has 1 nitrogen and oxygen atoms in total. The van der Waals surface area contributed by atoms with E-state index in [0.29, 0.717) is 11.7 Å². The fourth-order valence-electron chi connectivity index (χ4n) is 1.64. The van der Waals surface area contributed by atoms with E-state index in [1.165, 1.54) is 0 Å². The lowest BCUT2D eigenvalue weighted by atomic mass is 9.76. The number of hydrogen-bond acceptors (Lipinski definition) is 1. The van der Waals surface area contributed by atoms with Gasteiger partial charge in [-0.15, -0.1) is 0 Å². The van der Waals surface area contributed by atoms with Crippen LogP contribution in [0.2, 0.25) is 0 Å². The van der Waals surface area contributed by atoms with Crippen molar-refractivity contribution < 1.29 is 4.79 Å². The van der Waals surface area contributed by atoms with E-state index < -0.39 is 0 Å². The number of ketones is 1. The maximum absolute atomic E-state index is 11.5. The smallest absolute Gasteiger partial charge is 0.158 e. The third-order valence-corrected chi connectivity index (χ3v) is 2.49. The first kappa shape index (κ1) is 9.50. The lowest BCUT2D eigenvalue weighted by molar-refractivity contribution is -0.117. The molecule has 0 atom stereocenters. The van der Waals surface area contributed by atoms with Crippen LogP contribution in [0.25, 0.3) is 0 Å². The third kappa shape index (κ3) is 1.96. The predicted octanol–water partition coefficient (Wildman–Crippen LogP) is 2.96. The zero-order chi connectivity index (χ0) is 9.35. The fraction of sp³-hybridized carbons (Fsp3) is 0.727. The lowest BCUT2D eigenvalue weighted by Crippen LogP contribution is -2.22. The van der Waals surface area contributed by atoms with Crippen molar-refractivity contribution in [3.05, 3.63) is 11.6 Å². The van der Waals surface area contributed by atoms with Crippen molar-refractivity contribution in [2.24, 2.45) is 11.3 Å². The van der Waals surface area contributed by atoms with Gasteiger partial charge in [-0.2, -0.15) is 0 Å². The molecule has 1 heteroatoms. The van der Waals surface area contributed by atoms with Crippen molar-refractivity contribution in [1.29, 1.82) is 0 Å².